The van der Waals surface area contributed by atoms with Gasteiger partial charge in [0.05, 0.1) is 12.3 Å². The zero-order chi connectivity index (χ0) is 11.5. The van der Waals surface area contributed by atoms with Gasteiger partial charge in [-0.25, -0.2) is 0 Å². The van der Waals surface area contributed by atoms with Crippen molar-refractivity contribution in [1.29, 1.82) is 0 Å². The van der Waals surface area contributed by atoms with Crippen LogP contribution in [-0.2, 0) is 7.05 Å². The molecule has 1 heterocycles. The van der Waals surface area contributed by atoms with Crippen LogP contribution in [0.3, 0.4) is 0 Å². The first kappa shape index (κ1) is 11.6. The molecular weight excluding hydrogens is 202 g/mol. The van der Waals surface area contributed by atoms with Crippen LogP contribution in [0.25, 0.3) is 0 Å². The van der Waals surface area contributed by atoms with Crippen LogP contribution in [0.4, 0.5) is 0 Å². The van der Waals surface area contributed by atoms with Crippen molar-refractivity contribution in [2.24, 2.45) is 13.0 Å². The SMILES string of the molecule is CC(NCC1CCC(O)C1)c1cnn(C)c1. The van der Waals surface area contributed by atoms with Crippen LogP contribution in [0.15, 0.2) is 12.4 Å². The monoisotopic (exact) mass is 223 g/mol. The molecule has 3 atom stereocenters. The van der Waals surface area contributed by atoms with Crippen LogP contribution in [0.5, 0.6) is 0 Å². The molecule has 0 radical (unpaired) electrons. The average Bonchev–Trinajstić information content (AvgIpc) is 2.84. The highest BCUT2D eigenvalue weighted by Gasteiger charge is 2.22. The average molecular weight is 223 g/mol. The molecule has 2 rings (SSSR count). The first-order valence-corrected chi connectivity index (χ1v) is 6.05. The predicted molar refractivity (Wildman–Crippen MR) is 63.0 cm³/mol. The minimum absolute atomic E-state index is 0.0690. The van der Waals surface area contributed by atoms with Crippen molar-refractivity contribution < 1.29 is 5.11 Å². The molecule has 1 aromatic rings. The first-order chi connectivity index (χ1) is 7.65. The smallest absolute Gasteiger partial charge is 0.0543 e. The van der Waals surface area contributed by atoms with E-state index >= 15 is 0 Å². The molecule has 1 aromatic heterocycles. The first-order valence-electron chi connectivity index (χ1n) is 6.05. The Morgan fingerprint density at radius 1 is 1.62 bits per heavy atom. The molecule has 4 heteroatoms. The highest BCUT2D eigenvalue weighted by molar-refractivity contribution is 5.08. The van der Waals surface area contributed by atoms with E-state index in [9.17, 15) is 5.11 Å². The number of nitrogens with one attached hydrogen (secondary N) is 1. The topological polar surface area (TPSA) is 50.1 Å². The predicted octanol–water partition coefficient (Wildman–Crippen LogP) is 1.23. The molecular formula is C12H21N3O. The molecule has 4 nitrogen and oxygen atoms in total. The van der Waals surface area contributed by atoms with Gasteiger partial charge in [-0.2, -0.15) is 5.10 Å². The van der Waals surface area contributed by atoms with E-state index in [1.165, 1.54) is 5.56 Å². The third kappa shape index (κ3) is 2.83. The summed E-state index contributed by atoms with van der Waals surface area (Å²) in [7, 11) is 1.93. The summed E-state index contributed by atoms with van der Waals surface area (Å²) in [4.78, 5) is 0. The summed E-state index contributed by atoms with van der Waals surface area (Å²) in [5.41, 5.74) is 1.22. The third-order valence-corrected chi connectivity index (χ3v) is 3.45. The Balaban J connectivity index is 1.77. The van der Waals surface area contributed by atoms with Crippen molar-refractivity contribution >= 4 is 0 Å². The Morgan fingerprint density at radius 2 is 2.44 bits per heavy atom. The van der Waals surface area contributed by atoms with Gasteiger partial charge in [0, 0.05) is 24.8 Å². The van der Waals surface area contributed by atoms with Crippen LogP contribution in [0, 0.1) is 5.92 Å². The molecule has 2 N–H and O–H groups in total. The molecule has 0 aromatic carbocycles. The second-order valence-electron chi connectivity index (χ2n) is 4.91. The second-order valence-corrected chi connectivity index (χ2v) is 4.91. The summed E-state index contributed by atoms with van der Waals surface area (Å²) >= 11 is 0. The molecule has 1 aliphatic carbocycles. The van der Waals surface area contributed by atoms with Crippen molar-refractivity contribution in [3.05, 3.63) is 18.0 Å². The quantitative estimate of drug-likeness (QED) is 0.807. The fourth-order valence-corrected chi connectivity index (χ4v) is 2.36. The van der Waals surface area contributed by atoms with E-state index in [4.69, 9.17) is 0 Å². The Bertz CT molecular complexity index is 337. The molecule has 1 aliphatic rings. The molecule has 90 valence electrons. The van der Waals surface area contributed by atoms with Crippen LogP contribution in [0.2, 0.25) is 0 Å². The number of aliphatic hydroxyl groups is 1. The zero-order valence-electron chi connectivity index (χ0n) is 10.1. The summed E-state index contributed by atoms with van der Waals surface area (Å²) in [5, 5.41) is 17.1. The lowest BCUT2D eigenvalue weighted by Gasteiger charge is -2.15. The molecule has 0 amide bonds. The molecule has 3 unspecified atom stereocenters. The molecule has 0 spiro atoms. The number of hydrogen-bond acceptors (Lipinski definition) is 3. The van der Waals surface area contributed by atoms with E-state index in [2.05, 4.69) is 17.3 Å². The fourth-order valence-electron chi connectivity index (χ4n) is 2.36. The number of aromatic nitrogens is 2. The summed E-state index contributed by atoms with van der Waals surface area (Å²) < 4.78 is 1.83. The molecule has 0 bridgehead atoms. The molecule has 1 saturated carbocycles. The minimum atomic E-state index is -0.0690. The van der Waals surface area contributed by atoms with Gasteiger partial charge in [-0.1, -0.05) is 0 Å². The highest BCUT2D eigenvalue weighted by Crippen LogP contribution is 2.25. The van der Waals surface area contributed by atoms with Gasteiger partial charge in [-0.05, 0) is 38.6 Å². The number of hydrogen-bond donors (Lipinski definition) is 2. The van der Waals surface area contributed by atoms with Crippen molar-refractivity contribution in [1.82, 2.24) is 15.1 Å². The van der Waals surface area contributed by atoms with Gasteiger partial charge in [-0.15, -0.1) is 0 Å². The maximum Gasteiger partial charge on any atom is 0.0543 e. The maximum absolute atomic E-state index is 9.44. The van der Waals surface area contributed by atoms with E-state index in [1.807, 2.05) is 24.1 Å². The van der Waals surface area contributed by atoms with Gasteiger partial charge < -0.3 is 10.4 Å². The van der Waals surface area contributed by atoms with Gasteiger partial charge in [0.1, 0.15) is 0 Å². The van der Waals surface area contributed by atoms with Crippen molar-refractivity contribution in [2.45, 2.75) is 38.3 Å². The Kier molecular flexibility index (Phi) is 3.61. The van der Waals surface area contributed by atoms with Gasteiger partial charge in [0.2, 0.25) is 0 Å². The highest BCUT2D eigenvalue weighted by atomic mass is 16.3. The van der Waals surface area contributed by atoms with Crippen molar-refractivity contribution in [3.63, 3.8) is 0 Å². The lowest BCUT2D eigenvalue weighted by Crippen LogP contribution is -2.24. The van der Waals surface area contributed by atoms with Gasteiger partial charge in [0.15, 0.2) is 0 Å². The summed E-state index contributed by atoms with van der Waals surface area (Å²) in [6.07, 6.45) is 6.94. The summed E-state index contributed by atoms with van der Waals surface area (Å²) in [6, 6.07) is 0.339. The number of nitrogens with zero attached hydrogens (tertiary/aromatic N) is 2. The lowest BCUT2D eigenvalue weighted by molar-refractivity contribution is 0.177. The molecule has 16 heavy (non-hydrogen) atoms. The summed E-state index contributed by atoms with van der Waals surface area (Å²) in [5.74, 6) is 0.633. The van der Waals surface area contributed by atoms with Gasteiger partial charge in [-0.3, -0.25) is 4.68 Å². The zero-order valence-corrected chi connectivity index (χ0v) is 10.1. The molecule has 1 fully saturated rings. The van der Waals surface area contributed by atoms with Crippen molar-refractivity contribution in [3.8, 4) is 0 Å². The maximum atomic E-state index is 9.44. The van der Waals surface area contributed by atoms with Crippen LogP contribution >= 0.6 is 0 Å². The molecule has 0 aliphatic heterocycles. The van der Waals surface area contributed by atoms with E-state index in [0.717, 1.165) is 25.8 Å². The summed E-state index contributed by atoms with van der Waals surface area (Å²) in [6.45, 7) is 3.15. The second kappa shape index (κ2) is 4.97. The van der Waals surface area contributed by atoms with E-state index < -0.39 is 0 Å². The van der Waals surface area contributed by atoms with Gasteiger partial charge >= 0.3 is 0 Å². The standard InChI is InChI=1S/C12H21N3O/c1-9(11-7-14-15(2)8-11)13-6-10-3-4-12(16)5-10/h7-10,12-13,16H,3-6H2,1-2H3. The normalized spacial score (nSPS) is 27.2. The number of aryl methyl sites for hydroxylation is 1. The minimum Gasteiger partial charge on any atom is -0.393 e. The number of rotatable bonds is 4. The van der Waals surface area contributed by atoms with Crippen LogP contribution < -0.4 is 5.32 Å². The lowest BCUT2D eigenvalue weighted by atomic mass is 10.1. The largest absolute Gasteiger partial charge is 0.393 e. The third-order valence-electron chi connectivity index (χ3n) is 3.45. The van der Waals surface area contributed by atoms with E-state index in [-0.39, 0.29) is 6.10 Å². The Morgan fingerprint density at radius 3 is 3.00 bits per heavy atom. The Labute approximate surface area is 96.7 Å². The fraction of sp³-hybridized carbons (Fsp3) is 0.750. The van der Waals surface area contributed by atoms with Crippen LogP contribution in [0.1, 0.15) is 37.8 Å². The number of aliphatic hydroxyl groups excluding tert-OH is 1. The molecule has 0 saturated heterocycles. The van der Waals surface area contributed by atoms with E-state index in [1.54, 1.807) is 0 Å². The van der Waals surface area contributed by atoms with Crippen LogP contribution in [-0.4, -0.2) is 27.5 Å². The van der Waals surface area contributed by atoms with Crippen molar-refractivity contribution in [2.75, 3.05) is 6.54 Å². The van der Waals surface area contributed by atoms with Gasteiger partial charge in [0.25, 0.3) is 0 Å². The Hall–Kier alpha value is -0.870. The van der Waals surface area contributed by atoms with E-state index in [0.29, 0.717) is 12.0 Å².